The molecule has 0 aliphatic heterocycles. The second-order valence-electron chi connectivity index (χ2n) is 4.18. The van der Waals surface area contributed by atoms with Gasteiger partial charge in [0.15, 0.2) is 0 Å². The fourth-order valence-electron chi connectivity index (χ4n) is 2.03. The molecule has 13 heavy (non-hydrogen) atoms. The van der Waals surface area contributed by atoms with E-state index in [9.17, 15) is 8.78 Å². The van der Waals surface area contributed by atoms with Gasteiger partial charge in [-0.05, 0) is 44.1 Å². The van der Waals surface area contributed by atoms with Gasteiger partial charge in [-0.3, -0.25) is 0 Å². The predicted molar refractivity (Wildman–Crippen MR) is 50.0 cm³/mol. The molecule has 1 aliphatic carbocycles. The minimum atomic E-state index is -2.20. The smallest absolute Gasteiger partial charge is 0.250 e. The Kier molecular flexibility index (Phi) is 4.64. The maximum Gasteiger partial charge on any atom is 0.250 e. The van der Waals surface area contributed by atoms with Crippen LogP contribution in [0, 0.1) is 11.8 Å². The lowest BCUT2D eigenvalue weighted by Crippen LogP contribution is -2.25. The normalized spacial score (nSPS) is 27.7. The Balaban J connectivity index is 1.79. The Morgan fingerprint density at radius 1 is 1.38 bits per heavy atom. The molecule has 0 radical (unpaired) electrons. The van der Waals surface area contributed by atoms with Crippen LogP contribution in [0.3, 0.4) is 0 Å². The summed E-state index contributed by atoms with van der Waals surface area (Å²) in [6, 6.07) is 0. The number of nitrogens with one attached hydrogen (secondary N) is 1. The van der Waals surface area contributed by atoms with Gasteiger partial charge in [-0.25, -0.2) is 8.78 Å². The van der Waals surface area contributed by atoms with Gasteiger partial charge in [0.25, 0.3) is 6.43 Å². The number of alkyl halides is 2. The van der Waals surface area contributed by atoms with E-state index in [0.29, 0.717) is 0 Å². The van der Waals surface area contributed by atoms with E-state index in [4.69, 9.17) is 0 Å². The Morgan fingerprint density at radius 2 is 2.08 bits per heavy atom. The van der Waals surface area contributed by atoms with Crippen molar-refractivity contribution >= 4 is 0 Å². The lowest BCUT2D eigenvalue weighted by atomic mass is 9.74. The molecule has 0 bridgehead atoms. The Bertz CT molecular complexity index is 133. The summed E-state index contributed by atoms with van der Waals surface area (Å²) in [7, 11) is 0. The summed E-state index contributed by atoms with van der Waals surface area (Å²) in [4.78, 5) is 0. The molecule has 0 heterocycles. The maximum atomic E-state index is 11.7. The predicted octanol–water partition coefficient (Wildman–Crippen LogP) is 2.67. The van der Waals surface area contributed by atoms with Crippen LogP contribution in [0.5, 0.6) is 0 Å². The van der Waals surface area contributed by atoms with Crippen molar-refractivity contribution in [2.24, 2.45) is 11.8 Å². The number of halogens is 2. The Morgan fingerprint density at radius 3 is 2.62 bits per heavy atom. The number of hydrogen-bond acceptors (Lipinski definition) is 1. The third kappa shape index (κ3) is 4.55. The highest BCUT2D eigenvalue weighted by atomic mass is 19.3. The second-order valence-corrected chi connectivity index (χ2v) is 4.18. The van der Waals surface area contributed by atoms with Crippen LogP contribution >= 0.6 is 0 Å². The molecule has 1 aliphatic rings. The molecule has 0 aromatic rings. The molecular formula is C10H19F2N. The highest BCUT2D eigenvalue weighted by Gasteiger charge is 2.24. The third-order valence-corrected chi connectivity index (χ3v) is 2.74. The minimum Gasteiger partial charge on any atom is -0.311 e. The first-order chi connectivity index (χ1) is 6.18. The minimum absolute atomic E-state index is 0.152. The molecule has 1 N–H and O–H groups in total. The molecule has 1 rings (SSSR count). The van der Waals surface area contributed by atoms with Crippen LogP contribution in [0.4, 0.5) is 8.78 Å². The summed E-state index contributed by atoms with van der Waals surface area (Å²) >= 11 is 0. The van der Waals surface area contributed by atoms with E-state index in [-0.39, 0.29) is 6.54 Å². The fourth-order valence-corrected chi connectivity index (χ4v) is 2.03. The van der Waals surface area contributed by atoms with Crippen LogP contribution in [-0.4, -0.2) is 19.5 Å². The van der Waals surface area contributed by atoms with Crippen LogP contribution in [-0.2, 0) is 0 Å². The standard InChI is InChI=1S/C10H19F2N/c1-8-5-9(6-8)3-2-4-13-7-10(11)12/h8-10,13H,2-7H2,1H3. The van der Waals surface area contributed by atoms with Crippen molar-refractivity contribution in [1.82, 2.24) is 5.32 Å². The van der Waals surface area contributed by atoms with Crippen molar-refractivity contribution in [2.45, 2.75) is 39.0 Å². The zero-order valence-electron chi connectivity index (χ0n) is 8.23. The van der Waals surface area contributed by atoms with Crippen molar-refractivity contribution in [3.8, 4) is 0 Å². The molecule has 1 nitrogen and oxygen atoms in total. The summed E-state index contributed by atoms with van der Waals surface area (Å²) in [5, 5.41) is 2.75. The van der Waals surface area contributed by atoms with Gasteiger partial charge in [0.1, 0.15) is 0 Å². The van der Waals surface area contributed by atoms with Crippen molar-refractivity contribution in [3.05, 3.63) is 0 Å². The van der Waals surface area contributed by atoms with E-state index in [1.165, 1.54) is 19.3 Å². The van der Waals surface area contributed by atoms with Crippen molar-refractivity contribution in [3.63, 3.8) is 0 Å². The number of hydrogen-bond donors (Lipinski definition) is 1. The van der Waals surface area contributed by atoms with E-state index < -0.39 is 6.43 Å². The summed E-state index contributed by atoms with van der Waals surface area (Å²) in [5.41, 5.74) is 0. The van der Waals surface area contributed by atoms with E-state index in [1.54, 1.807) is 0 Å². The molecule has 0 amide bonds. The maximum absolute atomic E-state index is 11.7. The molecule has 78 valence electrons. The highest BCUT2D eigenvalue weighted by molar-refractivity contribution is 4.76. The van der Waals surface area contributed by atoms with Gasteiger partial charge in [0.2, 0.25) is 0 Å². The van der Waals surface area contributed by atoms with Crippen LogP contribution < -0.4 is 5.32 Å². The Labute approximate surface area is 78.9 Å². The van der Waals surface area contributed by atoms with Gasteiger partial charge in [-0.15, -0.1) is 0 Å². The SMILES string of the molecule is CC1CC(CCCNCC(F)F)C1. The fraction of sp³-hybridized carbons (Fsp3) is 1.00. The van der Waals surface area contributed by atoms with E-state index >= 15 is 0 Å². The lowest BCUT2D eigenvalue weighted by Gasteiger charge is -2.32. The van der Waals surface area contributed by atoms with Gasteiger partial charge >= 0.3 is 0 Å². The zero-order valence-corrected chi connectivity index (χ0v) is 8.23. The molecular weight excluding hydrogens is 172 g/mol. The van der Waals surface area contributed by atoms with E-state index in [2.05, 4.69) is 12.2 Å². The first kappa shape index (κ1) is 10.9. The molecule has 1 saturated carbocycles. The van der Waals surface area contributed by atoms with Gasteiger partial charge in [0, 0.05) is 0 Å². The summed E-state index contributed by atoms with van der Waals surface area (Å²) in [5.74, 6) is 1.78. The van der Waals surface area contributed by atoms with Gasteiger partial charge in [-0.2, -0.15) is 0 Å². The van der Waals surface area contributed by atoms with Crippen LogP contribution in [0.25, 0.3) is 0 Å². The van der Waals surface area contributed by atoms with Crippen LogP contribution in [0.15, 0.2) is 0 Å². The third-order valence-electron chi connectivity index (χ3n) is 2.74. The van der Waals surface area contributed by atoms with Gasteiger partial charge < -0.3 is 5.32 Å². The zero-order chi connectivity index (χ0) is 9.68. The van der Waals surface area contributed by atoms with Crippen molar-refractivity contribution < 1.29 is 8.78 Å². The van der Waals surface area contributed by atoms with E-state index in [0.717, 1.165) is 24.8 Å². The average molecular weight is 191 g/mol. The molecule has 0 atom stereocenters. The highest BCUT2D eigenvalue weighted by Crippen LogP contribution is 2.35. The summed E-state index contributed by atoms with van der Waals surface area (Å²) < 4.78 is 23.4. The average Bonchev–Trinajstić information content (AvgIpc) is 1.99. The number of rotatable bonds is 6. The van der Waals surface area contributed by atoms with Crippen molar-refractivity contribution in [2.75, 3.05) is 13.1 Å². The molecule has 0 aromatic carbocycles. The summed E-state index contributed by atoms with van der Waals surface area (Å²) in [6.07, 6.45) is 2.73. The second kappa shape index (κ2) is 5.53. The topological polar surface area (TPSA) is 12.0 Å². The molecule has 0 unspecified atom stereocenters. The van der Waals surface area contributed by atoms with Gasteiger partial charge in [0.05, 0.1) is 6.54 Å². The largest absolute Gasteiger partial charge is 0.311 e. The van der Waals surface area contributed by atoms with Crippen molar-refractivity contribution in [1.29, 1.82) is 0 Å². The van der Waals surface area contributed by atoms with E-state index in [1.807, 2.05) is 0 Å². The molecule has 0 saturated heterocycles. The lowest BCUT2D eigenvalue weighted by molar-refractivity contribution is 0.144. The quantitative estimate of drug-likeness (QED) is 0.636. The van der Waals surface area contributed by atoms with Crippen LogP contribution in [0.2, 0.25) is 0 Å². The summed E-state index contributed by atoms with van der Waals surface area (Å²) in [6.45, 7) is 2.86. The molecule has 0 aromatic heterocycles. The Hall–Kier alpha value is -0.180. The van der Waals surface area contributed by atoms with Crippen LogP contribution in [0.1, 0.15) is 32.6 Å². The molecule has 3 heteroatoms. The molecule has 1 fully saturated rings. The molecule has 0 spiro atoms. The monoisotopic (exact) mass is 191 g/mol. The first-order valence-electron chi connectivity index (χ1n) is 5.17. The first-order valence-corrected chi connectivity index (χ1v) is 5.17. The van der Waals surface area contributed by atoms with Gasteiger partial charge in [-0.1, -0.05) is 6.92 Å².